The molecule has 2 atom stereocenters. The van der Waals surface area contributed by atoms with Gasteiger partial charge in [0.15, 0.2) is 0 Å². The first-order chi connectivity index (χ1) is 8.74. The van der Waals surface area contributed by atoms with Crippen molar-refractivity contribution in [2.24, 2.45) is 0 Å². The molecule has 1 aromatic rings. The van der Waals surface area contributed by atoms with Gasteiger partial charge in [-0.05, 0) is 25.0 Å². The second kappa shape index (κ2) is 6.05. The summed E-state index contributed by atoms with van der Waals surface area (Å²) in [5.74, 6) is 0. The van der Waals surface area contributed by atoms with Gasteiger partial charge in [-0.25, -0.2) is 0 Å². The van der Waals surface area contributed by atoms with Crippen LogP contribution in [-0.4, -0.2) is 23.8 Å². The molecule has 1 heterocycles. The van der Waals surface area contributed by atoms with Gasteiger partial charge >= 0.3 is 0 Å². The van der Waals surface area contributed by atoms with Gasteiger partial charge in [0, 0.05) is 12.2 Å². The number of unbranched alkanes of at least 4 members (excludes halogenated alkanes) is 2. The van der Waals surface area contributed by atoms with Crippen molar-refractivity contribution in [2.45, 2.75) is 45.3 Å². The number of hydrogen-bond donors (Lipinski definition) is 1. The Labute approximate surface area is 110 Å². The zero-order valence-corrected chi connectivity index (χ0v) is 11.3. The Balaban J connectivity index is 2.21. The second-order valence-electron chi connectivity index (χ2n) is 5.05. The van der Waals surface area contributed by atoms with E-state index >= 15 is 0 Å². The molecular formula is C16H23NO. The van der Waals surface area contributed by atoms with Crippen LogP contribution in [0.5, 0.6) is 0 Å². The van der Waals surface area contributed by atoms with Gasteiger partial charge in [0.2, 0.25) is 0 Å². The Hall–Kier alpha value is -1.28. The molecule has 2 rings (SSSR count). The molecule has 1 aromatic carbocycles. The third kappa shape index (κ3) is 2.75. The highest BCUT2D eigenvalue weighted by molar-refractivity contribution is 5.72. The fourth-order valence-electron chi connectivity index (χ4n) is 2.58. The molecule has 2 unspecified atom stereocenters. The van der Waals surface area contributed by atoms with E-state index in [9.17, 15) is 5.11 Å². The van der Waals surface area contributed by atoms with E-state index in [4.69, 9.17) is 0 Å². The van der Waals surface area contributed by atoms with Crippen LogP contribution in [0.2, 0.25) is 0 Å². The summed E-state index contributed by atoms with van der Waals surface area (Å²) in [6.07, 6.45) is 7.57. The Morgan fingerprint density at radius 3 is 2.78 bits per heavy atom. The quantitative estimate of drug-likeness (QED) is 0.803. The summed E-state index contributed by atoms with van der Waals surface area (Å²) < 4.78 is 0. The van der Waals surface area contributed by atoms with E-state index in [1.54, 1.807) is 0 Å². The number of aliphatic hydroxyl groups excluding tert-OH is 1. The zero-order valence-electron chi connectivity index (χ0n) is 11.3. The smallest absolute Gasteiger partial charge is 0.0751 e. The highest BCUT2D eigenvalue weighted by atomic mass is 16.3. The molecule has 0 bridgehead atoms. The molecule has 2 heteroatoms. The molecule has 2 nitrogen and oxygen atoms in total. The first-order valence-corrected chi connectivity index (χ1v) is 6.96. The predicted octanol–water partition coefficient (Wildman–Crippen LogP) is 3.46. The average Bonchev–Trinajstić information content (AvgIpc) is 2.38. The first kappa shape index (κ1) is 13.2. The molecule has 1 N–H and O–H groups in total. The van der Waals surface area contributed by atoms with Crippen molar-refractivity contribution in [3.8, 4) is 0 Å². The molecule has 1 aliphatic heterocycles. The van der Waals surface area contributed by atoms with Gasteiger partial charge in [0.1, 0.15) is 0 Å². The predicted molar refractivity (Wildman–Crippen MR) is 77.8 cm³/mol. The normalized spacial score (nSPS) is 19.7. The molecule has 0 fully saturated rings. The van der Waals surface area contributed by atoms with Crippen molar-refractivity contribution in [1.82, 2.24) is 0 Å². The van der Waals surface area contributed by atoms with Crippen LogP contribution in [0, 0.1) is 0 Å². The standard InChI is InChI=1S/C16H23NO/c1-3-4-7-12-17-15(13(2)18)11-10-14-8-5-6-9-16(14)17/h5-6,8-11,13,15,18H,3-4,7,12H2,1-2H3. The number of fused-ring (bicyclic) bond motifs is 1. The first-order valence-electron chi connectivity index (χ1n) is 6.96. The van der Waals surface area contributed by atoms with Gasteiger partial charge < -0.3 is 10.0 Å². The van der Waals surface area contributed by atoms with E-state index in [2.05, 4.69) is 48.2 Å². The van der Waals surface area contributed by atoms with Crippen molar-refractivity contribution < 1.29 is 5.11 Å². The summed E-state index contributed by atoms with van der Waals surface area (Å²) in [5.41, 5.74) is 2.51. The zero-order chi connectivity index (χ0) is 13.0. The van der Waals surface area contributed by atoms with Crippen LogP contribution in [0.15, 0.2) is 30.3 Å². The van der Waals surface area contributed by atoms with Crippen LogP contribution in [-0.2, 0) is 0 Å². The van der Waals surface area contributed by atoms with Crippen molar-refractivity contribution >= 4 is 11.8 Å². The van der Waals surface area contributed by atoms with E-state index < -0.39 is 0 Å². The maximum absolute atomic E-state index is 9.94. The number of anilines is 1. The number of aliphatic hydroxyl groups is 1. The Bertz CT molecular complexity index is 411. The van der Waals surface area contributed by atoms with Crippen LogP contribution in [0.4, 0.5) is 5.69 Å². The van der Waals surface area contributed by atoms with Crippen LogP contribution in [0.1, 0.15) is 38.7 Å². The fourth-order valence-corrected chi connectivity index (χ4v) is 2.58. The topological polar surface area (TPSA) is 23.5 Å². The van der Waals surface area contributed by atoms with E-state index in [1.807, 2.05) is 6.92 Å². The molecular weight excluding hydrogens is 222 g/mol. The number of para-hydroxylation sites is 1. The third-order valence-electron chi connectivity index (χ3n) is 3.58. The maximum atomic E-state index is 9.94. The number of benzene rings is 1. The molecule has 0 amide bonds. The van der Waals surface area contributed by atoms with Gasteiger partial charge in [-0.1, -0.05) is 50.1 Å². The van der Waals surface area contributed by atoms with E-state index in [0.29, 0.717) is 0 Å². The van der Waals surface area contributed by atoms with E-state index in [0.717, 1.165) is 6.54 Å². The Morgan fingerprint density at radius 1 is 1.28 bits per heavy atom. The average molecular weight is 245 g/mol. The lowest BCUT2D eigenvalue weighted by atomic mass is 9.99. The van der Waals surface area contributed by atoms with Crippen LogP contribution >= 0.6 is 0 Å². The van der Waals surface area contributed by atoms with Crippen molar-refractivity contribution in [1.29, 1.82) is 0 Å². The Morgan fingerprint density at radius 2 is 2.06 bits per heavy atom. The van der Waals surface area contributed by atoms with Gasteiger partial charge in [-0.2, -0.15) is 0 Å². The molecule has 1 aliphatic rings. The summed E-state index contributed by atoms with van der Waals surface area (Å²) in [5, 5.41) is 9.94. The number of nitrogens with zero attached hydrogens (tertiary/aromatic N) is 1. The van der Waals surface area contributed by atoms with Crippen molar-refractivity contribution in [3.63, 3.8) is 0 Å². The number of hydrogen-bond acceptors (Lipinski definition) is 2. The summed E-state index contributed by atoms with van der Waals surface area (Å²) in [4.78, 5) is 2.34. The minimum atomic E-state index is -0.337. The largest absolute Gasteiger partial charge is 0.391 e. The molecule has 0 saturated heterocycles. The monoisotopic (exact) mass is 245 g/mol. The SMILES string of the molecule is CCCCCN1c2ccccc2C=CC1C(C)O. The van der Waals surface area contributed by atoms with Gasteiger partial charge in [0.25, 0.3) is 0 Å². The molecule has 0 saturated carbocycles. The van der Waals surface area contributed by atoms with Crippen molar-refractivity contribution in [2.75, 3.05) is 11.4 Å². The lowest BCUT2D eigenvalue weighted by Gasteiger charge is -2.37. The molecule has 0 spiro atoms. The maximum Gasteiger partial charge on any atom is 0.0751 e. The lowest BCUT2D eigenvalue weighted by molar-refractivity contribution is 0.175. The summed E-state index contributed by atoms with van der Waals surface area (Å²) in [7, 11) is 0. The van der Waals surface area contributed by atoms with Crippen LogP contribution < -0.4 is 4.90 Å². The summed E-state index contributed by atoms with van der Waals surface area (Å²) >= 11 is 0. The molecule has 18 heavy (non-hydrogen) atoms. The molecule has 0 radical (unpaired) electrons. The van der Waals surface area contributed by atoms with Crippen LogP contribution in [0.3, 0.4) is 0 Å². The van der Waals surface area contributed by atoms with E-state index in [1.165, 1.54) is 30.5 Å². The summed E-state index contributed by atoms with van der Waals surface area (Å²) in [6.45, 7) is 5.11. The van der Waals surface area contributed by atoms with Gasteiger partial charge in [0.05, 0.1) is 12.1 Å². The minimum Gasteiger partial charge on any atom is -0.391 e. The number of rotatable bonds is 5. The summed E-state index contributed by atoms with van der Waals surface area (Å²) in [6, 6.07) is 8.54. The van der Waals surface area contributed by atoms with Crippen LogP contribution in [0.25, 0.3) is 6.08 Å². The molecule has 0 aliphatic carbocycles. The highest BCUT2D eigenvalue weighted by Crippen LogP contribution is 2.30. The van der Waals surface area contributed by atoms with Crippen molar-refractivity contribution in [3.05, 3.63) is 35.9 Å². The molecule has 98 valence electrons. The Kier molecular flexibility index (Phi) is 4.43. The van der Waals surface area contributed by atoms with E-state index in [-0.39, 0.29) is 12.1 Å². The van der Waals surface area contributed by atoms with Gasteiger partial charge in [-0.15, -0.1) is 0 Å². The minimum absolute atomic E-state index is 0.108. The third-order valence-corrected chi connectivity index (χ3v) is 3.58. The second-order valence-corrected chi connectivity index (χ2v) is 5.05. The molecule has 0 aromatic heterocycles. The fraction of sp³-hybridized carbons (Fsp3) is 0.500. The highest BCUT2D eigenvalue weighted by Gasteiger charge is 2.24. The van der Waals surface area contributed by atoms with Gasteiger partial charge in [-0.3, -0.25) is 0 Å². The lowest BCUT2D eigenvalue weighted by Crippen LogP contribution is -2.43.